The number of nitrogens with zero attached hydrogens (tertiary/aromatic N) is 1. The van der Waals surface area contributed by atoms with Gasteiger partial charge in [0, 0.05) is 19.0 Å². The molecule has 114 valence electrons. The summed E-state index contributed by atoms with van der Waals surface area (Å²) >= 11 is 5.46. The summed E-state index contributed by atoms with van der Waals surface area (Å²) in [7, 11) is 0. The lowest BCUT2D eigenvalue weighted by Crippen LogP contribution is -2.42. The Morgan fingerprint density at radius 3 is 2.75 bits per heavy atom. The van der Waals surface area contributed by atoms with Crippen LogP contribution in [0.15, 0.2) is 0 Å². The molecule has 2 aliphatic rings. The number of carbonyl (C=O) groups is 2. The largest absolute Gasteiger partial charge is 0.449 e. The number of amides is 1. The quantitative estimate of drug-likeness (QED) is 0.573. The molecule has 0 aromatic carbocycles. The standard InChI is InChI=1S/C13H20ClNO5/c1-12(2,3)20-11(17)15-4-9-5-18-7-13(9,6-15)10(16)19-8-14/h9H,4-8H2,1-3H3/t9-,13-/m1/s1. The summed E-state index contributed by atoms with van der Waals surface area (Å²) in [5.74, 6) is -0.466. The molecule has 0 unspecified atom stereocenters. The number of halogens is 1. The highest BCUT2D eigenvalue weighted by atomic mass is 35.5. The third kappa shape index (κ3) is 2.86. The molecule has 20 heavy (non-hydrogen) atoms. The van der Waals surface area contributed by atoms with E-state index in [1.165, 1.54) is 0 Å². The van der Waals surface area contributed by atoms with E-state index in [-0.39, 0.29) is 25.1 Å². The molecular formula is C13H20ClNO5. The monoisotopic (exact) mass is 305 g/mol. The second-order valence-electron chi connectivity index (χ2n) is 6.27. The smallest absolute Gasteiger partial charge is 0.410 e. The van der Waals surface area contributed by atoms with Crippen molar-refractivity contribution in [2.45, 2.75) is 26.4 Å². The van der Waals surface area contributed by atoms with Gasteiger partial charge < -0.3 is 19.1 Å². The summed E-state index contributed by atoms with van der Waals surface area (Å²) < 4.78 is 15.7. The van der Waals surface area contributed by atoms with Gasteiger partial charge in [0.05, 0.1) is 13.2 Å². The summed E-state index contributed by atoms with van der Waals surface area (Å²) in [6, 6.07) is -0.195. The number of ether oxygens (including phenoxy) is 3. The zero-order valence-corrected chi connectivity index (χ0v) is 12.7. The Kier molecular flexibility index (Phi) is 4.16. The second-order valence-corrected chi connectivity index (χ2v) is 6.49. The predicted octanol–water partition coefficient (Wildman–Crippen LogP) is 1.61. The van der Waals surface area contributed by atoms with E-state index >= 15 is 0 Å². The van der Waals surface area contributed by atoms with Gasteiger partial charge in [-0.3, -0.25) is 4.79 Å². The van der Waals surface area contributed by atoms with Crippen LogP contribution in [0.25, 0.3) is 0 Å². The maximum Gasteiger partial charge on any atom is 0.410 e. The van der Waals surface area contributed by atoms with Crippen molar-refractivity contribution in [2.24, 2.45) is 11.3 Å². The van der Waals surface area contributed by atoms with Crippen molar-refractivity contribution in [1.29, 1.82) is 0 Å². The first-order valence-electron chi connectivity index (χ1n) is 6.57. The molecule has 0 bridgehead atoms. The summed E-state index contributed by atoms with van der Waals surface area (Å²) in [6.07, 6.45) is -0.412. The number of rotatable bonds is 2. The Morgan fingerprint density at radius 2 is 2.15 bits per heavy atom. The molecule has 0 N–H and O–H groups in total. The van der Waals surface area contributed by atoms with Gasteiger partial charge in [-0.1, -0.05) is 11.6 Å². The Morgan fingerprint density at radius 1 is 1.45 bits per heavy atom. The van der Waals surface area contributed by atoms with E-state index < -0.39 is 23.1 Å². The van der Waals surface area contributed by atoms with Crippen LogP contribution in [0.2, 0.25) is 0 Å². The molecule has 1 amide bonds. The lowest BCUT2D eigenvalue weighted by Gasteiger charge is -2.26. The molecule has 0 spiro atoms. The molecule has 2 aliphatic heterocycles. The van der Waals surface area contributed by atoms with Gasteiger partial charge in [-0.05, 0) is 20.8 Å². The highest BCUT2D eigenvalue weighted by molar-refractivity contribution is 6.17. The maximum atomic E-state index is 12.1. The minimum Gasteiger partial charge on any atom is -0.449 e. The van der Waals surface area contributed by atoms with E-state index in [2.05, 4.69) is 0 Å². The first-order valence-corrected chi connectivity index (χ1v) is 7.11. The predicted molar refractivity (Wildman–Crippen MR) is 71.4 cm³/mol. The van der Waals surface area contributed by atoms with Gasteiger partial charge in [0.2, 0.25) is 0 Å². The van der Waals surface area contributed by atoms with Gasteiger partial charge >= 0.3 is 12.1 Å². The molecule has 6 nitrogen and oxygen atoms in total. The van der Waals surface area contributed by atoms with E-state index in [0.717, 1.165) is 0 Å². The number of esters is 1. The minimum atomic E-state index is -0.800. The van der Waals surface area contributed by atoms with Crippen molar-refractivity contribution in [1.82, 2.24) is 4.90 Å². The molecule has 2 atom stereocenters. The van der Waals surface area contributed by atoms with Gasteiger partial charge in [-0.2, -0.15) is 0 Å². The second kappa shape index (κ2) is 5.41. The Balaban J connectivity index is 2.08. The van der Waals surface area contributed by atoms with Gasteiger partial charge in [-0.25, -0.2) is 4.79 Å². The van der Waals surface area contributed by atoms with Crippen LogP contribution in [0.5, 0.6) is 0 Å². The van der Waals surface area contributed by atoms with E-state index in [9.17, 15) is 9.59 Å². The van der Waals surface area contributed by atoms with E-state index in [4.69, 9.17) is 25.8 Å². The first kappa shape index (κ1) is 15.4. The number of alkyl halides is 1. The highest BCUT2D eigenvalue weighted by Gasteiger charge is 2.58. The van der Waals surface area contributed by atoms with Gasteiger partial charge in [0.15, 0.2) is 6.07 Å². The van der Waals surface area contributed by atoms with Gasteiger partial charge in [-0.15, -0.1) is 0 Å². The molecule has 7 heteroatoms. The zero-order chi connectivity index (χ0) is 15.0. The Hall–Kier alpha value is -1.01. The van der Waals surface area contributed by atoms with E-state index in [1.807, 2.05) is 20.8 Å². The average Bonchev–Trinajstić information content (AvgIpc) is 2.83. The van der Waals surface area contributed by atoms with Crippen molar-refractivity contribution in [3.63, 3.8) is 0 Å². The summed E-state index contributed by atoms with van der Waals surface area (Å²) in [5.41, 5.74) is -1.36. The number of carbonyl (C=O) groups excluding carboxylic acids is 2. The van der Waals surface area contributed by atoms with Crippen molar-refractivity contribution < 1.29 is 23.8 Å². The number of fused-ring (bicyclic) bond motifs is 1. The van der Waals surface area contributed by atoms with Crippen LogP contribution in [0.3, 0.4) is 0 Å². The molecule has 0 aromatic heterocycles. The van der Waals surface area contributed by atoms with Crippen LogP contribution in [-0.4, -0.2) is 54.9 Å². The average molecular weight is 306 g/mol. The SMILES string of the molecule is CC(C)(C)OC(=O)N1C[C@@H]2COC[C@]2(C(=O)OCCl)C1. The van der Waals surface area contributed by atoms with Crippen LogP contribution < -0.4 is 0 Å². The van der Waals surface area contributed by atoms with Crippen LogP contribution in [0.4, 0.5) is 4.79 Å². The molecule has 2 saturated heterocycles. The maximum absolute atomic E-state index is 12.1. The molecule has 0 saturated carbocycles. The van der Waals surface area contributed by atoms with Crippen LogP contribution >= 0.6 is 11.6 Å². The lowest BCUT2D eigenvalue weighted by atomic mass is 9.81. The fourth-order valence-corrected chi connectivity index (χ4v) is 2.78. The van der Waals surface area contributed by atoms with Crippen LogP contribution in [0, 0.1) is 11.3 Å². The summed E-state index contributed by atoms with van der Waals surface area (Å²) in [6.45, 7) is 6.81. The molecule has 2 rings (SSSR count). The van der Waals surface area contributed by atoms with Crippen molar-refractivity contribution in [3.8, 4) is 0 Å². The molecule has 2 heterocycles. The molecule has 0 aromatic rings. The summed E-state index contributed by atoms with van der Waals surface area (Å²) in [4.78, 5) is 25.8. The van der Waals surface area contributed by atoms with Crippen molar-refractivity contribution >= 4 is 23.7 Å². The summed E-state index contributed by atoms with van der Waals surface area (Å²) in [5, 5.41) is 0. The van der Waals surface area contributed by atoms with E-state index in [0.29, 0.717) is 13.2 Å². The Labute approximate surface area is 123 Å². The fourth-order valence-electron chi connectivity index (χ4n) is 2.68. The lowest BCUT2D eigenvalue weighted by molar-refractivity contribution is -0.154. The first-order chi connectivity index (χ1) is 9.28. The molecule has 2 fully saturated rings. The van der Waals surface area contributed by atoms with Crippen molar-refractivity contribution in [2.75, 3.05) is 32.4 Å². The Bertz CT molecular complexity index is 408. The topological polar surface area (TPSA) is 65.1 Å². The normalized spacial score (nSPS) is 29.2. The molecule has 0 radical (unpaired) electrons. The van der Waals surface area contributed by atoms with Gasteiger partial charge in [0.25, 0.3) is 0 Å². The molecular weight excluding hydrogens is 286 g/mol. The third-order valence-corrected chi connectivity index (χ3v) is 3.73. The highest BCUT2D eigenvalue weighted by Crippen LogP contribution is 2.42. The van der Waals surface area contributed by atoms with Crippen molar-refractivity contribution in [3.05, 3.63) is 0 Å². The third-order valence-electron chi connectivity index (χ3n) is 3.62. The zero-order valence-electron chi connectivity index (χ0n) is 12.0. The number of hydrogen-bond acceptors (Lipinski definition) is 5. The fraction of sp³-hybridized carbons (Fsp3) is 0.846. The number of hydrogen-bond donors (Lipinski definition) is 0. The van der Waals surface area contributed by atoms with Crippen LogP contribution in [0.1, 0.15) is 20.8 Å². The molecule has 0 aliphatic carbocycles. The van der Waals surface area contributed by atoms with Crippen LogP contribution in [-0.2, 0) is 19.0 Å². The number of likely N-dealkylation sites (tertiary alicyclic amines) is 1. The van der Waals surface area contributed by atoms with E-state index in [1.54, 1.807) is 4.90 Å². The van der Waals surface area contributed by atoms with Gasteiger partial charge in [0.1, 0.15) is 11.0 Å². The minimum absolute atomic E-state index is 0.0641.